The van der Waals surface area contributed by atoms with Crippen molar-refractivity contribution in [3.8, 4) is 0 Å². The van der Waals surface area contributed by atoms with Crippen molar-refractivity contribution in [2.45, 2.75) is 33.2 Å². The molecule has 2 rings (SSSR count). The minimum atomic E-state index is -0.162. The van der Waals surface area contributed by atoms with Crippen LogP contribution >= 0.6 is 0 Å². The molecule has 0 aromatic heterocycles. The number of nitrogens with one attached hydrogen (secondary N) is 1. The van der Waals surface area contributed by atoms with Crippen molar-refractivity contribution < 1.29 is 4.39 Å². The molecule has 0 radical (unpaired) electrons. The Morgan fingerprint density at radius 3 is 2.55 bits per heavy atom. The monoisotopic (exact) mass is 271 g/mol. The second-order valence-electron chi connectivity index (χ2n) is 5.40. The second kappa shape index (κ2) is 6.67. The Balaban J connectivity index is 1.88. The van der Waals surface area contributed by atoms with Crippen LogP contribution in [0.2, 0.25) is 0 Å². The summed E-state index contributed by atoms with van der Waals surface area (Å²) in [4.78, 5) is 0. The highest BCUT2D eigenvalue weighted by Crippen LogP contribution is 2.16. The summed E-state index contributed by atoms with van der Waals surface area (Å²) in [6.45, 7) is 7.27. The van der Waals surface area contributed by atoms with Gasteiger partial charge in [0.15, 0.2) is 0 Å². The van der Waals surface area contributed by atoms with E-state index in [1.165, 1.54) is 22.8 Å². The van der Waals surface area contributed by atoms with Crippen LogP contribution in [0.3, 0.4) is 0 Å². The van der Waals surface area contributed by atoms with Crippen LogP contribution in [0.1, 0.15) is 35.2 Å². The second-order valence-corrected chi connectivity index (χ2v) is 5.40. The van der Waals surface area contributed by atoms with E-state index in [0.717, 1.165) is 18.5 Å². The number of hydrogen-bond donors (Lipinski definition) is 1. The number of hydrogen-bond acceptors (Lipinski definition) is 1. The average molecular weight is 271 g/mol. The van der Waals surface area contributed by atoms with Gasteiger partial charge in [-0.25, -0.2) is 4.39 Å². The largest absolute Gasteiger partial charge is 0.310 e. The van der Waals surface area contributed by atoms with E-state index >= 15 is 0 Å². The highest BCUT2D eigenvalue weighted by Gasteiger charge is 2.05. The first-order valence-corrected chi connectivity index (χ1v) is 7.11. The molecule has 0 aliphatic carbocycles. The standard InChI is InChI=1S/C18H22FN/c1-13-7-8-17(11-14(13)2)15(3)20-10-9-16-5-4-6-18(19)12-16/h4-8,11-12,15,20H,9-10H2,1-3H3. The maximum absolute atomic E-state index is 13.1. The van der Waals surface area contributed by atoms with E-state index in [1.807, 2.05) is 6.07 Å². The number of halogens is 1. The fourth-order valence-electron chi connectivity index (χ4n) is 2.28. The molecule has 0 heterocycles. The van der Waals surface area contributed by atoms with Crippen LogP contribution in [0.4, 0.5) is 4.39 Å². The SMILES string of the molecule is Cc1ccc(C(C)NCCc2cccc(F)c2)cc1C. The average Bonchev–Trinajstić information content (AvgIpc) is 2.42. The Bertz CT molecular complexity index is 577. The van der Waals surface area contributed by atoms with Crippen LogP contribution < -0.4 is 5.32 Å². The lowest BCUT2D eigenvalue weighted by Gasteiger charge is -2.15. The minimum Gasteiger partial charge on any atom is -0.310 e. The van der Waals surface area contributed by atoms with E-state index in [2.05, 4.69) is 44.3 Å². The van der Waals surface area contributed by atoms with Crippen LogP contribution in [-0.4, -0.2) is 6.54 Å². The molecule has 1 unspecified atom stereocenters. The van der Waals surface area contributed by atoms with Gasteiger partial charge in [-0.1, -0.05) is 30.3 Å². The van der Waals surface area contributed by atoms with Gasteiger partial charge in [0.05, 0.1) is 0 Å². The summed E-state index contributed by atoms with van der Waals surface area (Å²) in [6, 6.07) is 13.7. The van der Waals surface area contributed by atoms with Gasteiger partial charge in [0.25, 0.3) is 0 Å². The van der Waals surface area contributed by atoms with Crippen LogP contribution in [0.25, 0.3) is 0 Å². The lowest BCUT2D eigenvalue weighted by atomic mass is 10.0. The van der Waals surface area contributed by atoms with Crippen molar-refractivity contribution in [1.82, 2.24) is 5.32 Å². The van der Waals surface area contributed by atoms with E-state index in [0.29, 0.717) is 6.04 Å². The van der Waals surface area contributed by atoms with E-state index in [9.17, 15) is 4.39 Å². The number of aryl methyl sites for hydroxylation is 2. The molecule has 0 aliphatic rings. The van der Waals surface area contributed by atoms with Crippen LogP contribution in [-0.2, 0) is 6.42 Å². The Hall–Kier alpha value is -1.67. The van der Waals surface area contributed by atoms with Gasteiger partial charge >= 0.3 is 0 Å². The highest BCUT2D eigenvalue weighted by molar-refractivity contribution is 5.31. The van der Waals surface area contributed by atoms with Crippen LogP contribution in [0.15, 0.2) is 42.5 Å². The molecule has 1 atom stereocenters. The Labute approximate surface area is 120 Å². The molecule has 20 heavy (non-hydrogen) atoms. The van der Waals surface area contributed by atoms with Crippen molar-refractivity contribution in [2.24, 2.45) is 0 Å². The minimum absolute atomic E-state index is 0.162. The molecule has 0 saturated heterocycles. The van der Waals surface area contributed by atoms with Gasteiger partial charge in [-0.15, -0.1) is 0 Å². The number of benzene rings is 2. The molecule has 0 aliphatic heterocycles. The molecule has 1 N–H and O–H groups in total. The molecule has 0 fully saturated rings. The molecular weight excluding hydrogens is 249 g/mol. The van der Waals surface area contributed by atoms with Crippen molar-refractivity contribution in [3.63, 3.8) is 0 Å². The third-order valence-corrected chi connectivity index (χ3v) is 3.78. The first kappa shape index (κ1) is 14.7. The van der Waals surface area contributed by atoms with Gasteiger partial charge in [0.2, 0.25) is 0 Å². The molecule has 2 heteroatoms. The van der Waals surface area contributed by atoms with Gasteiger partial charge in [0.1, 0.15) is 5.82 Å². The zero-order valence-electron chi connectivity index (χ0n) is 12.4. The summed E-state index contributed by atoms with van der Waals surface area (Å²) >= 11 is 0. The zero-order valence-corrected chi connectivity index (χ0v) is 12.4. The maximum Gasteiger partial charge on any atom is 0.123 e. The molecule has 2 aromatic carbocycles. The van der Waals surface area contributed by atoms with Gasteiger partial charge in [-0.05, 0) is 68.1 Å². The first-order chi connectivity index (χ1) is 9.56. The molecule has 0 bridgehead atoms. The predicted octanol–water partition coefficient (Wildman–Crippen LogP) is 4.34. The van der Waals surface area contributed by atoms with E-state index in [1.54, 1.807) is 12.1 Å². The smallest absolute Gasteiger partial charge is 0.123 e. The summed E-state index contributed by atoms with van der Waals surface area (Å²) in [6.07, 6.45) is 0.840. The third kappa shape index (κ3) is 3.91. The number of rotatable bonds is 5. The van der Waals surface area contributed by atoms with Crippen molar-refractivity contribution in [1.29, 1.82) is 0 Å². The third-order valence-electron chi connectivity index (χ3n) is 3.78. The quantitative estimate of drug-likeness (QED) is 0.853. The summed E-state index contributed by atoms with van der Waals surface area (Å²) in [5.41, 5.74) is 4.97. The summed E-state index contributed by atoms with van der Waals surface area (Å²) in [5, 5.41) is 3.49. The molecule has 106 valence electrons. The Kier molecular flexibility index (Phi) is 4.91. The molecule has 0 saturated carbocycles. The molecule has 0 spiro atoms. The van der Waals surface area contributed by atoms with Gasteiger partial charge in [-0.3, -0.25) is 0 Å². The molecular formula is C18H22FN. The topological polar surface area (TPSA) is 12.0 Å². The summed E-state index contributed by atoms with van der Waals surface area (Å²) in [5.74, 6) is -0.162. The fraction of sp³-hybridized carbons (Fsp3) is 0.333. The molecule has 1 nitrogen and oxygen atoms in total. The van der Waals surface area contributed by atoms with Crippen LogP contribution in [0.5, 0.6) is 0 Å². The van der Waals surface area contributed by atoms with Gasteiger partial charge in [0, 0.05) is 6.04 Å². The fourth-order valence-corrected chi connectivity index (χ4v) is 2.28. The molecule has 0 amide bonds. The zero-order chi connectivity index (χ0) is 14.5. The highest BCUT2D eigenvalue weighted by atomic mass is 19.1. The van der Waals surface area contributed by atoms with E-state index in [4.69, 9.17) is 0 Å². The lowest BCUT2D eigenvalue weighted by Crippen LogP contribution is -2.21. The predicted molar refractivity (Wildman–Crippen MR) is 82.4 cm³/mol. The molecule has 2 aromatic rings. The summed E-state index contributed by atoms with van der Waals surface area (Å²) < 4.78 is 13.1. The van der Waals surface area contributed by atoms with E-state index in [-0.39, 0.29) is 5.82 Å². The van der Waals surface area contributed by atoms with Gasteiger partial charge in [-0.2, -0.15) is 0 Å². The normalized spacial score (nSPS) is 12.4. The Morgan fingerprint density at radius 2 is 1.85 bits per heavy atom. The van der Waals surface area contributed by atoms with Crippen molar-refractivity contribution >= 4 is 0 Å². The van der Waals surface area contributed by atoms with Crippen LogP contribution in [0, 0.1) is 19.7 Å². The Morgan fingerprint density at radius 1 is 1.05 bits per heavy atom. The van der Waals surface area contributed by atoms with Crippen molar-refractivity contribution in [2.75, 3.05) is 6.54 Å². The van der Waals surface area contributed by atoms with Crippen molar-refractivity contribution in [3.05, 3.63) is 70.5 Å². The maximum atomic E-state index is 13.1. The first-order valence-electron chi connectivity index (χ1n) is 7.11. The van der Waals surface area contributed by atoms with E-state index < -0.39 is 0 Å². The summed E-state index contributed by atoms with van der Waals surface area (Å²) in [7, 11) is 0. The lowest BCUT2D eigenvalue weighted by molar-refractivity contribution is 0.574. The van der Waals surface area contributed by atoms with Gasteiger partial charge < -0.3 is 5.32 Å².